The maximum absolute atomic E-state index is 11.6. The molecule has 1 aliphatic rings. The highest BCUT2D eigenvalue weighted by atomic mass is 79.9. The van der Waals surface area contributed by atoms with Crippen LogP contribution in [0.3, 0.4) is 0 Å². The molecule has 102 valence electrons. The molecule has 7 heteroatoms. The summed E-state index contributed by atoms with van der Waals surface area (Å²) < 4.78 is 24.3. The lowest BCUT2D eigenvalue weighted by atomic mass is 10.1. The van der Waals surface area contributed by atoms with E-state index >= 15 is 0 Å². The molecule has 1 fully saturated rings. The van der Waals surface area contributed by atoms with E-state index in [1.165, 1.54) is 4.88 Å². The van der Waals surface area contributed by atoms with Crippen LogP contribution in [-0.4, -0.2) is 44.0 Å². The van der Waals surface area contributed by atoms with E-state index in [0.717, 1.165) is 3.79 Å². The van der Waals surface area contributed by atoms with Crippen LogP contribution in [0.5, 0.6) is 0 Å². The van der Waals surface area contributed by atoms with Crippen LogP contribution in [0.15, 0.2) is 15.9 Å². The van der Waals surface area contributed by atoms with Crippen molar-refractivity contribution in [2.75, 3.05) is 24.6 Å². The Morgan fingerprint density at radius 2 is 2.33 bits per heavy atom. The Morgan fingerprint density at radius 3 is 2.83 bits per heavy atom. The Labute approximate surface area is 120 Å². The maximum atomic E-state index is 11.6. The van der Waals surface area contributed by atoms with Crippen LogP contribution < -0.4 is 5.73 Å². The fourth-order valence-electron chi connectivity index (χ4n) is 2.40. The second-order valence-corrected chi connectivity index (χ2v) is 9.32. The SMILES string of the molecule is CC1CS(=O)(=O)CCN1C(CN)c1ccc(Br)s1. The standard InChI is InChI=1S/C11H17BrN2O2S2/c1-8-7-18(15,16)5-4-14(8)9(6-13)10-2-3-11(12)17-10/h2-3,8-9H,4-7,13H2,1H3. The molecule has 1 saturated heterocycles. The molecule has 1 aromatic rings. The minimum Gasteiger partial charge on any atom is -0.329 e. The summed E-state index contributed by atoms with van der Waals surface area (Å²) in [6, 6.07) is 4.21. The third kappa shape index (κ3) is 3.14. The van der Waals surface area contributed by atoms with Gasteiger partial charge in [-0.15, -0.1) is 11.3 Å². The minimum atomic E-state index is -2.87. The number of thiophene rings is 1. The van der Waals surface area contributed by atoms with Crippen molar-refractivity contribution in [1.82, 2.24) is 4.90 Å². The van der Waals surface area contributed by atoms with Crippen molar-refractivity contribution in [1.29, 1.82) is 0 Å². The predicted molar refractivity (Wildman–Crippen MR) is 78.6 cm³/mol. The van der Waals surface area contributed by atoms with E-state index in [2.05, 4.69) is 26.9 Å². The van der Waals surface area contributed by atoms with Gasteiger partial charge in [0.25, 0.3) is 0 Å². The van der Waals surface area contributed by atoms with Gasteiger partial charge in [0.15, 0.2) is 9.84 Å². The Balaban J connectivity index is 2.19. The van der Waals surface area contributed by atoms with Crippen molar-refractivity contribution in [2.24, 2.45) is 5.73 Å². The summed E-state index contributed by atoms with van der Waals surface area (Å²) in [4.78, 5) is 3.40. The highest BCUT2D eigenvalue weighted by molar-refractivity contribution is 9.11. The molecule has 0 aromatic carbocycles. The molecule has 2 heterocycles. The van der Waals surface area contributed by atoms with Gasteiger partial charge in [0.2, 0.25) is 0 Å². The zero-order valence-electron chi connectivity index (χ0n) is 10.2. The minimum absolute atomic E-state index is 0.0261. The van der Waals surface area contributed by atoms with Crippen LogP contribution >= 0.6 is 27.3 Å². The lowest BCUT2D eigenvalue weighted by Gasteiger charge is -2.38. The molecule has 1 aliphatic heterocycles. The first-order valence-electron chi connectivity index (χ1n) is 5.84. The van der Waals surface area contributed by atoms with E-state index in [9.17, 15) is 8.42 Å². The second kappa shape index (κ2) is 5.58. The zero-order valence-corrected chi connectivity index (χ0v) is 13.4. The van der Waals surface area contributed by atoms with Crippen molar-refractivity contribution < 1.29 is 8.42 Å². The second-order valence-electron chi connectivity index (χ2n) is 4.59. The lowest BCUT2D eigenvalue weighted by Crippen LogP contribution is -2.49. The molecule has 4 nitrogen and oxygen atoms in total. The van der Waals surface area contributed by atoms with Crippen LogP contribution in [0.2, 0.25) is 0 Å². The summed E-state index contributed by atoms with van der Waals surface area (Å²) in [6.07, 6.45) is 0. The summed E-state index contributed by atoms with van der Waals surface area (Å²) in [7, 11) is -2.87. The van der Waals surface area contributed by atoms with E-state index in [4.69, 9.17) is 5.73 Å². The monoisotopic (exact) mass is 352 g/mol. The molecular formula is C11H17BrN2O2S2. The largest absolute Gasteiger partial charge is 0.329 e. The van der Waals surface area contributed by atoms with Crippen molar-refractivity contribution in [3.05, 3.63) is 20.8 Å². The molecule has 0 aliphatic carbocycles. The van der Waals surface area contributed by atoms with Gasteiger partial charge < -0.3 is 5.73 Å². The topological polar surface area (TPSA) is 63.4 Å². The molecule has 0 spiro atoms. The first-order chi connectivity index (χ1) is 8.43. The quantitative estimate of drug-likeness (QED) is 0.897. The zero-order chi connectivity index (χ0) is 13.3. The highest BCUT2D eigenvalue weighted by Crippen LogP contribution is 2.32. The van der Waals surface area contributed by atoms with Crippen LogP contribution in [0, 0.1) is 0 Å². The van der Waals surface area contributed by atoms with Gasteiger partial charge in [-0.25, -0.2) is 8.42 Å². The number of nitrogens with two attached hydrogens (primary N) is 1. The number of sulfone groups is 1. The summed E-state index contributed by atoms with van der Waals surface area (Å²) in [5.74, 6) is 0.469. The van der Waals surface area contributed by atoms with Gasteiger partial charge in [-0.1, -0.05) is 0 Å². The normalized spacial score (nSPS) is 26.1. The van der Waals surface area contributed by atoms with Crippen molar-refractivity contribution in [2.45, 2.75) is 19.0 Å². The van der Waals surface area contributed by atoms with Gasteiger partial charge in [0, 0.05) is 24.0 Å². The van der Waals surface area contributed by atoms with Gasteiger partial charge in [0.1, 0.15) is 0 Å². The average Bonchev–Trinajstić information content (AvgIpc) is 2.68. The van der Waals surface area contributed by atoms with Crippen LogP contribution in [0.25, 0.3) is 0 Å². The molecule has 0 radical (unpaired) electrons. The fraction of sp³-hybridized carbons (Fsp3) is 0.636. The third-order valence-electron chi connectivity index (χ3n) is 3.27. The number of nitrogens with zero attached hydrogens (tertiary/aromatic N) is 1. The number of rotatable bonds is 3. The van der Waals surface area contributed by atoms with Crippen LogP contribution in [0.1, 0.15) is 17.8 Å². The van der Waals surface area contributed by atoms with Gasteiger partial charge >= 0.3 is 0 Å². The lowest BCUT2D eigenvalue weighted by molar-refractivity contribution is 0.164. The molecule has 0 bridgehead atoms. The Bertz CT molecular complexity index is 515. The summed E-state index contributed by atoms with van der Waals surface area (Å²) >= 11 is 5.11. The van der Waals surface area contributed by atoms with Crippen molar-refractivity contribution in [3.63, 3.8) is 0 Å². The maximum Gasteiger partial charge on any atom is 0.153 e. The van der Waals surface area contributed by atoms with E-state index in [0.29, 0.717) is 13.1 Å². The van der Waals surface area contributed by atoms with E-state index in [1.54, 1.807) is 11.3 Å². The molecule has 0 saturated carbocycles. The number of halogens is 1. The average molecular weight is 353 g/mol. The van der Waals surface area contributed by atoms with Gasteiger partial charge in [-0.05, 0) is 35.0 Å². The molecule has 2 N–H and O–H groups in total. The Hall–Kier alpha value is 0.0500. The van der Waals surface area contributed by atoms with Gasteiger partial charge in [0.05, 0.1) is 21.3 Å². The van der Waals surface area contributed by atoms with Crippen LogP contribution in [0.4, 0.5) is 0 Å². The number of hydrogen-bond donors (Lipinski definition) is 1. The third-order valence-corrected chi connectivity index (χ3v) is 6.79. The fourth-order valence-corrected chi connectivity index (χ4v) is 5.54. The van der Waals surface area contributed by atoms with Gasteiger partial charge in [-0.2, -0.15) is 0 Å². The summed E-state index contributed by atoms with van der Waals surface area (Å²) in [5, 5.41) is 0. The van der Waals surface area contributed by atoms with Gasteiger partial charge in [-0.3, -0.25) is 4.90 Å². The Morgan fingerprint density at radius 1 is 1.61 bits per heavy atom. The van der Waals surface area contributed by atoms with E-state index in [1.807, 2.05) is 13.0 Å². The molecule has 2 unspecified atom stereocenters. The smallest absolute Gasteiger partial charge is 0.153 e. The molecule has 0 amide bonds. The molecule has 2 atom stereocenters. The molecular weight excluding hydrogens is 336 g/mol. The first kappa shape index (κ1) is 14.5. The molecule has 1 aromatic heterocycles. The summed E-state index contributed by atoms with van der Waals surface area (Å²) in [5.41, 5.74) is 5.87. The highest BCUT2D eigenvalue weighted by Gasteiger charge is 2.33. The molecule has 18 heavy (non-hydrogen) atoms. The van der Waals surface area contributed by atoms with Crippen molar-refractivity contribution in [3.8, 4) is 0 Å². The van der Waals surface area contributed by atoms with E-state index in [-0.39, 0.29) is 23.6 Å². The molecule has 2 rings (SSSR count). The van der Waals surface area contributed by atoms with E-state index < -0.39 is 9.84 Å². The first-order valence-corrected chi connectivity index (χ1v) is 9.27. The Kier molecular flexibility index (Phi) is 4.48. The number of hydrogen-bond acceptors (Lipinski definition) is 5. The predicted octanol–water partition coefficient (Wildman–Crippen LogP) is 1.63. The summed E-state index contributed by atoms with van der Waals surface area (Å²) in [6.45, 7) is 3.04. The van der Waals surface area contributed by atoms with Crippen molar-refractivity contribution >= 4 is 37.1 Å². The van der Waals surface area contributed by atoms with Crippen LogP contribution in [-0.2, 0) is 9.84 Å².